The van der Waals surface area contributed by atoms with Gasteiger partial charge in [0.15, 0.2) is 0 Å². The van der Waals surface area contributed by atoms with Crippen molar-refractivity contribution in [3.8, 4) is 0 Å². The van der Waals surface area contributed by atoms with Crippen molar-refractivity contribution in [3.63, 3.8) is 0 Å². The number of nitrogens with one attached hydrogen (secondary N) is 1. The zero-order valence-electron chi connectivity index (χ0n) is 20.1. The molecule has 0 saturated heterocycles. The molecule has 3 aromatic carbocycles. The van der Waals surface area contributed by atoms with Crippen LogP contribution in [0.1, 0.15) is 18.1 Å². The summed E-state index contributed by atoms with van der Waals surface area (Å²) >= 11 is 12.5. The molecule has 1 N–H and O–H groups in total. The van der Waals surface area contributed by atoms with E-state index in [1.807, 2.05) is 0 Å². The standard InChI is InChI=1S/C26H27Cl2N3O4S/c1-18-13-14-21(27)15-24(18)31(36(34,35)22-10-5-4-6-11-22)17-25(32)30(19(2)26(33)29-3)16-20-9-7-8-12-23(20)28/h4-15,19H,16-17H2,1-3H3,(H,29,33)/t19-/m0/s1. The molecule has 36 heavy (non-hydrogen) atoms. The van der Waals surface area contributed by atoms with E-state index in [0.717, 1.165) is 4.31 Å². The maximum absolute atomic E-state index is 13.7. The summed E-state index contributed by atoms with van der Waals surface area (Å²) in [5.74, 6) is -0.975. The van der Waals surface area contributed by atoms with E-state index in [2.05, 4.69) is 5.32 Å². The second-order valence-electron chi connectivity index (χ2n) is 8.16. The van der Waals surface area contributed by atoms with E-state index in [1.54, 1.807) is 68.4 Å². The third-order valence-corrected chi connectivity index (χ3v) is 8.14. The normalized spacial score (nSPS) is 12.0. The topological polar surface area (TPSA) is 86.8 Å². The molecule has 3 aromatic rings. The number of likely N-dealkylation sites (N-methyl/N-ethyl adjacent to an activating group) is 1. The Labute approximate surface area is 221 Å². The summed E-state index contributed by atoms with van der Waals surface area (Å²) in [5, 5.41) is 3.29. The molecule has 0 saturated carbocycles. The number of hydrogen-bond acceptors (Lipinski definition) is 4. The molecule has 7 nitrogen and oxygen atoms in total. The molecule has 10 heteroatoms. The minimum Gasteiger partial charge on any atom is -0.357 e. The number of halogens is 2. The van der Waals surface area contributed by atoms with Crippen molar-refractivity contribution in [1.29, 1.82) is 0 Å². The zero-order valence-corrected chi connectivity index (χ0v) is 22.4. The third-order valence-electron chi connectivity index (χ3n) is 5.76. The van der Waals surface area contributed by atoms with Crippen LogP contribution < -0.4 is 9.62 Å². The lowest BCUT2D eigenvalue weighted by atomic mass is 10.1. The van der Waals surface area contributed by atoms with Crippen LogP contribution in [-0.4, -0.2) is 44.8 Å². The summed E-state index contributed by atoms with van der Waals surface area (Å²) in [6.45, 7) is 2.78. The second-order valence-corrected chi connectivity index (χ2v) is 10.9. The highest BCUT2D eigenvalue weighted by Crippen LogP contribution is 2.30. The number of anilines is 1. The van der Waals surface area contributed by atoms with Crippen LogP contribution in [-0.2, 0) is 26.2 Å². The molecule has 2 amide bonds. The van der Waals surface area contributed by atoms with Crippen LogP contribution in [0.25, 0.3) is 0 Å². The van der Waals surface area contributed by atoms with Crippen molar-refractivity contribution in [2.45, 2.75) is 31.3 Å². The van der Waals surface area contributed by atoms with Crippen LogP contribution in [0.3, 0.4) is 0 Å². The van der Waals surface area contributed by atoms with Gasteiger partial charge in [0, 0.05) is 23.6 Å². The van der Waals surface area contributed by atoms with Crippen molar-refractivity contribution < 1.29 is 18.0 Å². The number of carbonyl (C=O) groups is 2. The lowest BCUT2D eigenvalue weighted by Gasteiger charge is -2.32. The van der Waals surface area contributed by atoms with Crippen LogP contribution in [0, 0.1) is 6.92 Å². The monoisotopic (exact) mass is 547 g/mol. The predicted octanol–water partition coefficient (Wildman–Crippen LogP) is 4.66. The Morgan fingerprint density at radius 3 is 2.25 bits per heavy atom. The van der Waals surface area contributed by atoms with E-state index in [1.165, 1.54) is 30.1 Å². The summed E-state index contributed by atoms with van der Waals surface area (Å²) in [5.41, 5.74) is 1.51. The fourth-order valence-electron chi connectivity index (χ4n) is 3.69. The Morgan fingerprint density at radius 2 is 1.61 bits per heavy atom. The first-order valence-corrected chi connectivity index (χ1v) is 13.3. The second kappa shape index (κ2) is 11.8. The molecule has 0 unspecified atom stereocenters. The lowest BCUT2D eigenvalue weighted by molar-refractivity contribution is -0.139. The van der Waals surface area contributed by atoms with Gasteiger partial charge in [0.2, 0.25) is 11.8 Å². The van der Waals surface area contributed by atoms with Gasteiger partial charge < -0.3 is 10.2 Å². The molecule has 0 heterocycles. The molecule has 0 spiro atoms. The molecule has 0 aliphatic heterocycles. The van der Waals surface area contributed by atoms with Crippen LogP contribution in [0.2, 0.25) is 10.0 Å². The van der Waals surface area contributed by atoms with Crippen molar-refractivity contribution in [3.05, 3.63) is 94.0 Å². The maximum Gasteiger partial charge on any atom is 0.264 e. The van der Waals surface area contributed by atoms with Crippen LogP contribution >= 0.6 is 23.2 Å². The van der Waals surface area contributed by atoms with Gasteiger partial charge in [0.25, 0.3) is 10.0 Å². The molecular formula is C26H27Cl2N3O4S. The number of sulfonamides is 1. The van der Waals surface area contributed by atoms with Gasteiger partial charge in [-0.05, 0) is 55.3 Å². The SMILES string of the molecule is CNC(=O)[C@H](C)N(Cc1ccccc1Cl)C(=O)CN(c1cc(Cl)ccc1C)S(=O)(=O)c1ccccc1. The highest BCUT2D eigenvalue weighted by Gasteiger charge is 2.33. The largest absolute Gasteiger partial charge is 0.357 e. The summed E-state index contributed by atoms with van der Waals surface area (Å²) in [7, 11) is -2.68. The van der Waals surface area contributed by atoms with Crippen molar-refractivity contribution in [1.82, 2.24) is 10.2 Å². The van der Waals surface area contributed by atoms with Crippen molar-refractivity contribution >= 4 is 50.7 Å². The Bertz CT molecular complexity index is 1350. The average molecular weight is 548 g/mol. The number of hydrogen-bond donors (Lipinski definition) is 1. The third kappa shape index (κ3) is 6.19. The number of amides is 2. The molecule has 0 fully saturated rings. The van der Waals surface area contributed by atoms with Gasteiger partial charge >= 0.3 is 0 Å². The van der Waals surface area contributed by atoms with E-state index in [0.29, 0.717) is 21.2 Å². The fourth-order valence-corrected chi connectivity index (χ4v) is 5.54. The smallest absolute Gasteiger partial charge is 0.264 e. The van der Waals surface area contributed by atoms with E-state index in [9.17, 15) is 18.0 Å². The molecule has 1 atom stereocenters. The first-order chi connectivity index (χ1) is 17.1. The van der Waals surface area contributed by atoms with E-state index >= 15 is 0 Å². The Balaban J connectivity index is 2.08. The van der Waals surface area contributed by atoms with E-state index < -0.39 is 34.4 Å². The average Bonchev–Trinajstić information content (AvgIpc) is 2.87. The lowest BCUT2D eigenvalue weighted by Crippen LogP contribution is -2.50. The molecule has 0 aliphatic carbocycles. The van der Waals surface area contributed by atoms with Crippen LogP contribution in [0.5, 0.6) is 0 Å². The van der Waals surface area contributed by atoms with Gasteiger partial charge in [-0.25, -0.2) is 8.42 Å². The highest BCUT2D eigenvalue weighted by atomic mass is 35.5. The van der Waals surface area contributed by atoms with Crippen LogP contribution in [0.15, 0.2) is 77.7 Å². The van der Waals surface area contributed by atoms with Gasteiger partial charge in [-0.15, -0.1) is 0 Å². The van der Waals surface area contributed by atoms with Gasteiger partial charge in [-0.1, -0.05) is 65.7 Å². The van der Waals surface area contributed by atoms with Crippen molar-refractivity contribution in [2.24, 2.45) is 0 Å². The van der Waals surface area contributed by atoms with Gasteiger partial charge in [0.1, 0.15) is 12.6 Å². The fraction of sp³-hybridized carbons (Fsp3) is 0.231. The van der Waals surface area contributed by atoms with Crippen molar-refractivity contribution in [2.75, 3.05) is 17.9 Å². The molecule has 190 valence electrons. The molecule has 0 aliphatic rings. The predicted molar refractivity (Wildman–Crippen MR) is 143 cm³/mol. The van der Waals surface area contributed by atoms with Gasteiger partial charge in [0.05, 0.1) is 10.6 Å². The number of carbonyl (C=O) groups excluding carboxylic acids is 2. The Morgan fingerprint density at radius 1 is 0.972 bits per heavy atom. The van der Waals surface area contributed by atoms with Gasteiger partial charge in [-0.2, -0.15) is 0 Å². The number of benzene rings is 3. The molecule has 0 aromatic heterocycles. The molecule has 0 radical (unpaired) electrons. The molecule has 0 bridgehead atoms. The summed E-state index contributed by atoms with van der Waals surface area (Å²) in [6.07, 6.45) is 0. The highest BCUT2D eigenvalue weighted by molar-refractivity contribution is 7.92. The maximum atomic E-state index is 13.7. The molecular weight excluding hydrogens is 521 g/mol. The first-order valence-electron chi connectivity index (χ1n) is 11.1. The van der Waals surface area contributed by atoms with E-state index in [4.69, 9.17) is 23.2 Å². The molecule has 3 rings (SSSR count). The van der Waals surface area contributed by atoms with Crippen LogP contribution in [0.4, 0.5) is 5.69 Å². The Kier molecular flexibility index (Phi) is 9.00. The van der Waals surface area contributed by atoms with Gasteiger partial charge in [-0.3, -0.25) is 13.9 Å². The Hall–Kier alpha value is -3.07. The minimum atomic E-state index is -4.15. The van der Waals surface area contributed by atoms with E-state index in [-0.39, 0.29) is 17.1 Å². The summed E-state index contributed by atoms with van der Waals surface area (Å²) in [4.78, 5) is 27.6. The quantitative estimate of drug-likeness (QED) is 0.422. The number of rotatable bonds is 9. The zero-order chi connectivity index (χ0) is 26.5. The first kappa shape index (κ1) is 27.5. The minimum absolute atomic E-state index is 0.0147. The number of aryl methyl sites for hydroxylation is 1. The number of nitrogens with zero attached hydrogens (tertiary/aromatic N) is 2. The summed E-state index contributed by atoms with van der Waals surface area (Å²) < 4.78 is 28.5. The summed E-state index contributed by atoms with van der Waals surface area (Å²) in [6, 6.07) is 18.8.